The van der Waals surface area contributed by atoms with Crippen LogP contribution in [0.15, 0.2) is 93.3 Å². The molecule has 0 aliphatic carbocycles. The van der Waals surface area contributed by atoms with E-state index >= 15 is 0 Å². The average molecular weight is 631 g/mol. The molecule has 0 radical (unpaired) electrons. The minimum atomic E-state index is -4.50. The van der Waals surface area contributed by atoms with Crippen molar-refractivity contribution in [3.63, 3.8) is 0 Å². The number of allylic oxidation sites excluding steroid dienone is 4. The first-order chi connectivity index (χ1) is 20.1. The third-order valence-electron chi connectivity index (χ3n) is 5.69. The highest BCUT2D eigenvalue weighted by atomic mass is 32.2. The molecule has 0 atom stereocenters. The van der Waals surface area contributed by atoms with E-state index in [2.05, 4.69) is 10.2 Å². The van der Waals surface area contributed by atoms with Gasteiger partial charge in [0.25, 0.3) is 26.1 Å². The van der Waals surface area contributed by atoms with Crippen LogP contribution in [-0.2, 0) is 29.8 Å². The molecule has 0 bridgehead atoms. The molecule has 4 rings (SSSR count). The number of hydrogen-bond donors (Lipinski definition) is 5. The fourth-order valence-electron chi connectivity index (χ4n) is 3.70. The molecule has 5 N–H and O–H groups in total. The molecule has 3 aromatic rings. The Morgan fingerprint density at radius 1 is 0.767 bits per heavy atom. The number of carboxylic acid groups (broad SMARTS) is 2. The van der Waals surface area contributed by atoms with Gasteiger partial charge in [-0.05, 0) is 60.7 Å². The zero-order valence-electron chi connectivity index (χ0n) is 21.2. The Kier molecular flexibility index (Phi) is 8.13. The number of aromatic hydroxyl groups is 1. The van der Waals surface area contributed by atoms with E-state index in [0.29, 0.717) is 0 Å². The van der Waals surface area contributed by atoms with E-state index in [1.807, 2.05) is 0 Å². The van der Waals surface area contributed by atoms with Crippen LogP contribution in [0, 0.1) is 0 Å². The molecular formula is C25H18N4O12S2. The highest BCUT2D eigenvalue weighted by Crippen LogP contribution is 2.28. The molecule has 1 aliphatic heterocycles. The molecule has 16 nitrogen and oxygen atoms in total. The van der Waals surface area contributed by atoms with Crippen molar-refractivity contribution >= 4 is 55.6 Å². The van der Waals surface area contributed by atoms with Gasteiger partial charge in [-0.2, -0.15) is 36.7 Å². The number of hydrogen-bond acceptors (Lipinski definition) is 10. The predicted octanol–water partition coefficient (Wildman–Crippen LogP) is 1.75. The predicted molar refractivity (Wildman–Crippen MR) is 147 cm³/mol. The molecule has 0 saturated heterocycles. The minimum Gasteiger partial charge on any atom is -0.493 e. The summed E-state index contributed by atoms with van der Waals surface area (Å²) in [5.74, 6) is -4.52. The third kappa shape index (κ3) is 6.41. The number of aromatic nitrogens is 2. The second-order valence-corrected chi connectivity index (χ2v) is 11.3. The maximum atomic E-state index is 12.9. The van der Waals surface area contributed by atoms with E-state index in [1.165, 1.54) is 30.4 Å². The quantitative estimate of drug-likeness (QED) is 0.128. The fraction of sp³-hybridized carbons (Fsp3) is 0. The summed E-state index contributed by atoms with van der Waals surface area (Å²) >= 11 is 0. The molecule has 1 aromatic heterocycles. The van der Waals surface area contributed by atoms with Gasteiger partial charge in [-0.25, -0.2) is 9.59 Å². The molecule has 1 amide bonds. The van der Waals surface area contributed by atoms with Gasteiger partial charge in [-0.15, -0.1) is 0 Å². The van der Waals surface area contributed by atoms with Crippen molar-refractivity contribution in [1.82, 2.24) is 9.78 Å². The van der Waals surface area contributed by atoms with E-state index in [0.717, 1.165) is 58.2 Å². The summed E-state index contributed by atoms with van der Waals surface area (Å²) in [5.41, 5.74) is -1.68. The van der Waals surface area contributed by atoms with Crippen molar-refractivity contribution in [3.8, 4) is 11.6 Å². The molecule has 1 aliphatic rings. The molecule has 2 heterocycles. The van der Waals surface area contributed by atoms with Gasteiger partial charge in [-0.1, -0.05) is 18.2 Å². The lowest BCUT2D eigenvalue weighted by Crippen LogP contribution is -2.22. The van der Waals surface area contributed by atoms with Crippen LogP contribution in [0.4, 0.5) is 5.69 Å². The van der Waals surface area contributed by atoms with Crippen LogP contribution in [-0.4, -0.2) is 74.6 Å². The van der Waals surface area contributed by atoms with Gasteiger partial charge in [0.15, 0.2) is 11.4 Å². The molecule has 0 saturated carbocycles. The van der Waals surface area contributed by atoms with Crippen LogP contribution in [0.1, 0.15) is 16.1 Å². The van der Waals surface area contributed by atoms with Crippen molar-refractivity contribution in [3.05, 3.63) is 89.7 Å². The number of amides is 1. The minimum absolute atomic E-state index is 0.0183. The molecule has 0 unspecified atom stereocenters. The Hall–Kier alpha value is -5.43. The van der Waals surface area contributed by atoms with Gasteiger partial charge < -0.3 is 15.3 Å². The van der Waals surface area contributed by atoms with Gasteiger partial charge in [0.2, 0.25) is 5.88 Å². The summed E-state index contributed by atoms with van der Waals surface area (Å²) < 4.78 is 64.0. The monoisotopic (exact) mass is 630 g/mol. The van der Waals surface area contributed by atoms with Gasteiger partial charge in [0.05, 0.1) is 32.3 Å². The number of carbonyl (C=O) groups is 3. The number of anilines is 1. The molecule has 0 spiro atoms. The first kappa shape index (κ1) is 30.5. The lowest BCUT2D eigenvalue weighted by molar-refractivity contribution is -0.129. The number of nitrogens with zero attached hydrogens (tertiary/aromatic N) is 4. The number of hydrazone groups is 1. The number of carbonyl (C=O) groups excluding carboxylic acids is 1. The van der Waals surface area contributed by atoms with Crippen molar-refractivity contribution in [2.24, 2.45) is 5.10 Å². The lowest BCUT2D eigenvalue weighted by Gasteiger charge is -2.11. The molecule has 18 heteroatoms. The Bertz CT molecular complexity index is 1990. The molecule has 0 fully saturated rings. The second kappa shape index (κ2) is 11.4. The van der Waals surface area contributed by atoms with Crippen molar-refractivity contribution in [1.29, 1.82) is 0 Å². The summed E-state index contributed by atoms with van der Waals surface area (Å²) in [5, 5.41) is 37.9. The molecular weight excluding hydrogens is 612 g/mol. The normalized spacial score (nSPS) is 15.1. The Morgan fingerprint density at radius 3 is 1.79 bits per heavy atom. The lowest BCUT2D eigenvalue weighted by atomic mass is 10.1. The van der Waals surface area contributed by atoms with E-state index in [1.54, 1.807) is 0 Å². The van der Waals surface area contributed by atoms with Gasteiger partial charge in [0.1, 0.15) is 0 Å². The molecule has 2 aromatic carbocycles. The zero-order valence-corrected chi connectivity index (χ0v) is 22.8. The first-order valence-corrected chi connectivity index (χ1v) is 14.4. The van der Waals surface area contributed by atoms with E-state index in [9.17, 15) is 46.5 Å². The SMILES string of the molecule is O=C(O)C1=NN(c2ccc(S(=O)(=O)O)cc2)C(=O)C1=CC=CC=Cc1c(C(=O)O)nn(-c2ccc(S(=O)(=O)O)cc2)c1O. The summed E-state index contributed by atoms with van der Waals surface area (Å²) in [4.78, 5) is 35.4. The Morgan fingerprint density at radius 2 is 1.30 bits per heavy atom. The zero-order chi connectivity index (χ0) is 31.7. The molecule has 222 valence electrons. The summed E-state index contributed by atoms with van der Waals surface area (Å²) in [7, 11) is -8.99. The topological polar surface area (TPSA) is 254 Å². The standard InChI is InChI=1S/C25H18N4O12S2/c30-22-18(20(24(32)33)26-28(22)14-6-10-16(11-7-14)42(36,37)38)4-2-1-3-5-19-21(25(34)35)27-29(23(19)31)15-8-12-17(13-9-15)43(39,40)41/h1-13,30H,(H,32,33)(H,34,35)(H,36,37,38)(H,39,40,41). The maximum absolute atomic E-state index is 12.9. The number of rotatable bonds is 9. The largest absolute Gasteiger partial charge is 0.493 e. The number of benzene rings is 2. The highest BCUT2D eigenvalue weighted by molar-refractivity contribution is 7.86. The van der Waals surface area contributed by atoms with Crippen LogP contribution in [0.2, 0.25) is 0 Å². The number of aromatic carboxylic acids is 1. The van der Waals surface area contributed by atoms with Crippen molar-refractivity contribution in [2.45, 2.75) is 9.79 Å². The van der Waals surface area contributed by atoms with Gasteiger partial charge in [0, 0.05) is 0 Å². The Labute approximate surface area is 241 Å². The van der Waals surface area contributed by atoms with Crippen LogP contribution < -0.4 is 5.01 Å². The second-order valence-electron chi connectivity index (χ2n) is 8.44. The summed E-state index contributed by atoms with van der Waals surface area (Å²) in [6, 6.07) is 8.66. The van der Waals surface area contributed by atoms with E-state index in [-0.39, 0.29) is 22.5 Å². The van der Waals surface area contributed by atoms with Gasteiger partial charge >= 0.3 is 11.9 Å². The highest BCUT2D eigenvalue weighted by Gasteiger charge is 2.34. The Balaban J connectivity index is 1.59. The van der Waals surface area contributed by atoms with Crippen molar-refractivity contribution in [2.75, 3.05) is 5.01 Å². The van der Waals surface area contributed by atoms with E-state index in [4.69, 9.17) is 9.11 Å². The number of carboxylic acids is 2. The average Bonchev–Trinajstić information content (AvgIpc) is 3.44. The number of aliphatic carboxylic acids is 1. The van der Waals surface area contributed by atoms with E-state index < -0.39 is 65.2 Å². The van der Waals surface area contributed by atoms with Crippen LogP contribution in [0.3, 0.4) is 0 Å². The van der Waals surface area contributed by atoms with Gasteiger partial charge in [-0.3, -0.25) is 13.9 Å². The summed E-state index contributed by atoms with van der Waals surface area (Å²) in [6.45, 7) is 0. The summed E-state index contributed by atoms with van der Waals surface area (Å²) in [6.07, 6.45) is 6.06. The van der Waals surface area contributed by atoms with Crippen LogP contribution in [0.5, 0.6) is 5.88 Å². The smallest absolute Gasteiger partial charge is 0.357 e. The maximum Gasteiger partial charge on any atom is 0.357 e. The third-order valence-corrected chi connectivity index (χ3v) is 7.42. The van der Waals surface area contributed by atoms with Crippen LogP contribution >= 0.6 is 0 Å². The van der Waals surface area contributed by atoms with Crippen LogP contribution in [0.25, 0.3) is 11.8 Å². The first-order valence-electron chi connectivity index (χ1n) is 11.5. The molecule has 43 heavy (non-hydrogen) atoms. The fourth-order valence-corrected chi connectivity index (χ4v) is 4.66. The van der Waals surface area contributed by atoms with Crippen molar-refractivity contribution < 1.29 is 55.6 Å².